The highest BCUT2D eigenvalue weighted by molar-refractivity contribution is 5.75. The maximum Gasteiger partial charge on any atom is 0.311 e. The van der Waals surface area contributed by atoms with Gasteiger partial charge in [-0.3, -0.25) is 9.69 Å². The maximum absolute atomic E-state index is 13.4. The van der Waals surface area contributed by atoms with Gasteiger partial charge >= 0.3 is 5.97 Å². The van der Waals surface area contributed by atoms with Gasteiger partial charge in [0.15, 0.2) is 0 Å². The van der Waals surface area contributed by atoms with Crippen LogP contribution in [0.1, 0.15) is 64.8 Å². The normalized spacial score (nSPS) is 23.9. The van der Waals surface area contributed by atoms with Crippen molar-refractivity contribution in [3.8, 4) is 0 Å². The summed E-state index contributed by atoms with van der Waals surface area (Å²) in [5.74, 6) is -0.951. The first kappa shape index (κ1) is 22.5. The van der Waals surface area contributed by atoms with Crippen LogP contribution in [0.15, 0.2) is 60.7 Å². The molecule has 2 aromatic rings. The number of hydrogen-bond donors (Lipinski definition) is 1. The average molecular weight is 410 g/mol. The van der Waals surface area contributed by atoms with Gasteiger partial charge in [-0.15, -0.1) is 0 Å². The second kappa shape index (κ2) is 8.52. The van der Waals surface area contributed by atoms with Crippen molar-refractivity contribution in [3.05, 3.63) is 71.8 Å². The standard InChI is InChI=1S/C26H35NO3/c1-18(19-13-9-7-10-14-19)27-17-21(26(5,6)29)22(24(28)30-25(2,3)4)23(27)20-15-11-8-12-16-20/h7-16,18,21-23,29H,17H2,1-6H3/t18-,21-,22+,23-/m1/s1. The van der Waals surface area contributed by atoms with E-state index in [0.29, 0.717) is 6.54 Å². The van der Waals surface area contributed by atoms with Crippen molar-refractivity contribution >= 4 is 5.97 Å². The molecule has 1 saturated heterocycles. The summed E-state index contributed by atoms with van der Waals surface area (Å²) < 4.78 is 5.86. The van der Waals surface area contributed by atoms with Crippen LogP contribution in [-0.2, 0) is 9.53 Å². The van der Waals surface area contributed by atoms with E-state index in [9.17, 15) is 9.90 Å². The van der Waals surface area contributed by atoms with Crippen LogP contribution >= 0.6 is 0 Å². The second-order valence-electron chi connectivity index (χ2n) is 9.96. The molecule has 0 aliphatic carbocycles. The Bertz CT molecular complexity index is 836. The van der Waals surface area contributed by atoms with Crippen LogP contribution in [0.2, 0.25) is 0 Å². The molecular formula is C26H35NO3. The Morgan fingerprint density at radius 3 is 2.03 bits per heavy atom. The van der Waals surface area contributed by atoms with Gasteiger partial charge in [-0.05, 0) is 52.7 Å². The molecule has 30 heavy (non-hydrogen) atoms. The van der Waals surface area contributed by atoms with E-state index in [0.717, 1.165) is 5.56 Å². The minimum absolute atomic E-state index is 0.0914. The molecule has 0 unspecified atom stereocenters. The molecule has 162 valence electrons. The Kier molecular flexibility index (Phi) is 6.40. The van der Waals surface area contributed by atoms with E-state index in [1.165, 1.54) is 5.56 Å². The molecular weight excluding hydrogens is 374 g/mol. The molecule has 0 amide bonds. The Morgan fingerprint density at radius 2 is 1.53 bits per heavy atom. The molecule has 0 aromatic heterocycles. The maximum atomic E-state index is 13.4. The summed E-state index contributed by atoms with van der Waals surface area (Å²) in [6.07, 6.45) is 0. The molecule has 1 N–H and O–H groups in total. The highest BCUT2D eigenvalue weighted by Gasteiger charge is 2.53. The number of ether oxygens (including phenoxy) is 1. The van der Waals surface area contributed by atoms with E-state index >= 15 is 0 Å². The summed E-state index contributed by atoms with van der Waals surface area (Å²) >= 11 is 0. The summed E-state index contributed by atoms with van der Waals surface area (Å²) in [7, 11) is 0. The second-order valence-corrected chi connectivity index (χ2v) is 9.96. The van der Waals surface area contributed by atoms with Gasteiger partial charge in [0.1, 0.15) is 5.60 Å². The molecule has 1 heterocycles. The number of rotatable bonds is 5. The number of carbonyl (C=O) groups is 1. The number of carbonyl (C=O) groups excluding carboxylic acids is 1. The molecule has 2 aromatic carbocycles. The molecule has 1 fully saturated rings. The molecule has 4 atom stereocenters. The molecule has 1 aliphatic heterocycles. The van der Waals surface area contributed by atoms with Crippen molar-refractivity contribution in [1.29, 1.82) is 0 Å². The van der Waals surface area contributed by atoms with Gasteiger partial charge in [-0.25, -0.2) is 0 Å². The van der Waals surface area contributed by atoms with Gasteiger partial charge in [-0.1, -0.05) is 60.7 Å². The highest BCUT2D eigenvalue weighted by atomic mass is 16.6. The zero-order valence-corrected chi connectivity index (χ0v) is 19.0. The van der Waals surface area contributed by atoms with Crippen LogP contribution in [0, 0.1) is 11.8 Å². The molecule has 1 aliphatic rings. The third-order valence-electron chi connectivity index (χ3n) is 6.05. The van der Waals surface area contributed by atoms with Gasteiger partial charge in [0.05, 0.1) is 11.5 Å². The SMILES string of the molecule is C[C@H](c1ccccc1)N1C[C@@H](C(C)(C)O)[C@H](C(=O)OC(C)(C)C)[C@H]1c1ccccc1. The zero-order chi connectivity index (χ0) is 22.1. The van der Waals surface area contributed by atoms with Crippen molar-refractivity contribution < 1.29 is 14.6 Å². The fourth-order valence-corrected chi connectivity index (χ4v) is 4.58. The highest BCUT2D eigenvalue weighted by Crippen LogP contribution is 2.49. The van der Waals surface area contributed by atoms with Gasteiger partial charge < -0.3 is 9.84 Å². The van der Waals surface area contributed by atoms with E-state index in [4.69, 9.17) is 4.74 Å². The largest absolute Gasteiger partial charge is 0.460 e. The van der Waals surface area contributed by atoms with Crippen molar-refractivity contribution in [1.82, 2.24) is 4.90 Å². The van der Waals surface area contributed by atoms with Gasteiger partial charge in [0.2, 0.25) is 0 Å². The monoisotopic (exact) mass is 409 g/mol. The minimum Gasteiger partial charge on any atom is -0.460 e. The Balaban J connectivity index is 2.09. The van der Waals surface area contributed by atoms with Crippen LogP contribution in [0.4, 0.5) is 0 Å². The molecule has 3 rings (SSSR count). The summed E-state index contributed by atoms with van der Waals surface area (Å²) in [6, 6.07) is 20.4. The minimum atomic E-state index is -1.01. The quantitative estimate of drug-likeness (QED) is 0.694. The summed E-state index contributed by atoms with van der Waals surface area (Å²) in [4.78, 5) is 15.8. The van der Waals surface area contributed by atoms with E-state index in [1.54, 1.807) is 13.8 Å². The van der Waals surface area contributed by atoms with Crippen LogP contribution < -0.4 is 0 Å². The number of nitrogens with zero attached hydrogens (tertiary/aromatic N) is 1. The van der Waals surface area contributed by atoms with E-state index < -0.39 is 17.1 Å². The van der Waals surface area contributed by atoms with E-state index in [2.05, 4.69) is 36.1 Å². The van der Waals surface area contributed by atoms with Crippen molar-refractivity contribution in [2.75, 3.05) is 6.54 Å². The predicted octanol–water partition coefficient (Wildman–Crippen LogP) is 5.15. The molecule has 4 heteroatoms. The lowest BCUT2D eigenvalue weighted by Gasteiger charge is -2.34. The van der Waals surface area contributed by atoms with Gasteiger partial charge in [0, 0.05) is 24.5 Å². The molecule has 4 nitrogen and oxygen atoms in total. The van der Waals surface area contributed by atoms with E-state index in [1.807, 2.05) is 57.2 Å². The van der Waals surface area contributed by atoms with Crippen LogP contribution in [0.3, 0.4) is 0 Å². The first-order valence-corrected chi connectivity index (χ1v) is 10.8. The van der Waals surface area contributed by atoms with E-state index in [-0.39, 0.29) is 24.0 Å². The lowest BCUT2D eigenvalue weighted by Crippen LogP contribution is -2.41. The van der Waals surface area contributed by atoms with Crippen molar-refractivity contribution in [3.63, 3.8) is 0 Å². The number of esters is 1. The van der Waals surface area contributed by atoms with Crippen LogP contribution in [0.5, 0.6) is 0 Å². The first-order valence-electron chi connectivity index (χ1n) is 10.8. The van der Waals surface area contributed by atoms with Crippen molar-refractivity contribution in [2.45, 2.75) is 64.8 Å². The zero-order valence-electron chi connectivity index (χ0n) is 19.0. The summed E-state index contributed by atoms with van der Waals surface area (Å²) in [5, 5.41) is 11.0. The number of hydrogen-bond acceptors (Lipinski definition) is 4. The Labute approximate surface area is 180 Å². The lowest BCUT2D eigenvalue weighted by molar-refractivity contribution is -0.165. The third kappa shape index (κ3) is 4.93. The lowest BCUT2D eigenvalue weighted by atomic mass is 9.78. The fraction of sp³-hybridized carbons (Fsp3) is 0.500. The van der Waals surface area contributed by atoms with Crippen LogP contribution in [0.25, 0.3) is 0 Å². The topological polar surface area (TPSA) is 49.8 Å². The molecule has 0 bridgehead atoms. The number of benzene rings is 2. The predicted molar refractivity (Wildman–Crippen MR) is 120 cm³/mol. The fourth-order valence-electron chi connectivity index (χ4n) is 4.58. The van der Waals surface area contributed by atoms with Crippen molar-refractivity contribution in [2.24, 2.45) is 11.8 Å². The number of aliphatic hydroxyl groups is 1. The summed E-state index contributed by atoms with van der Waals surface area (Å²) in [6.45, 7) is 12.1. The molecule has 0 spiro atoms. The average Bonchev–Trinajstić information content (AvgIpc) is 3.09. The molecule has 0 saturated carbocycles. The Morgan fingerprint density at radius 1 is 1.00 bits per heavy atom. The smallest absolute Gasteiger partial charge is 0.311 e. The molecule has 0 radical (unpaired) electrons. The van der Waals surface area contributed by atoms with Crippen LogP contribution in [-0.4, -0.2) is 33.7 Å². The number of likely N-dealkylation sites (tertiary alicyclic amines) is 1. The van der Waals surface area contributed by atoms with Gasteiger partial charge in [0.25, 0.3) is 0 Å². The van der Waals surface area contributed by atoms with Gasteiger partial charge in [-0.2, -0.15) is 0 Å². The first-order chi connectivity index (χ1) is 14.0. The summed E-state index contributed by atoms with van der Waals surface area (Å²) in [5.41, 5.74) is 0.668. The Hall–Kier alpha value is -2.17. The third-order valence-corrected chi connectivity index (χ3v) is 6.05.